The number of sulfonamides is 1. The first-order chi connectivity index (χ1) is 13.8. The molecular formula is C20H29ClN2O5S. The summed E-state index contributed by atoms with van der Waals surface area (Å²) in [5.74, 6) is -1.20. The number of esters is 1. The topological polar surface area (TPSA) is 92.8 Å². The van der Waals surface area contributed by atoms with Crippen LogP contribution in [0.25, 0.3) is 0 Å². The van der Waals surface area contributed by atoms with E-state index < -0.39 is 22.6 Å². The third-order valence-electron chi connectivity index (χ3n) is 5.06. The van der Waals surface area contributed by atoms with Gasteiger partial charge in [-0.05, 0) is 31.0 Å². The number of ether oxygens (including phenoxy) is 1. The summed E-state index contributed by atoms with van der Waals surface area (Å²) >= 11 is 6.07. The van der Waals surface area contributed by atoms with Crippen LogP contribution in [0.15, 0.2) is 23.1 Å². The molecule has 1 aromatic carbocycles. The van der Waals surface area contributed by atoms with Gasteiger partial charge in [0.25, 0.3) is 5.91 Å². The summed E-state index contributed by atoms with van der Waals surface area (Å²) in [6.45, 7) is 3.65. The minimum atomic E-state index is -3.74. The summed E-state index contributed by atoms with van der Waals surface area (Å²) in [5.41, 5.74) is -0.0813. The molecule has 7 nitrogen and oxygen atoms in total. The van der Waals surface area contributed by atoms with E-state index in [9.17, 15) is 18.0 Å². The first kappa shape index (κ1) is 23.6. The zero-order chi connectivity index (χ0) is 21.4. The van der Waals surface area contributed by atoms with Crippen molar-refractivity contribution in [3.05, 3.63) is 28.8 Å². The molecule has 2 rings (SSSR count). The molecule has 0 heterocycles. The molecule has 0 aliphatic heterocycles. The van der Waals surface area contributed by atoms with Gasteiger partial charge in [0, 0.05) is 19.1 Å². The Labute approximate surface area is 177 Å². The molecule has 0 aromatic heterocycles. The minimum Gasteiger partial charge on any atom is -0.452 e. The Morgan fingerprint density at radius 3 is 2.34 bits per heavy atom. The van der Waals surface area contributed by atoms with Gasteiger partial charge in [0.2, 0.25) is 10.0 Å². The summed E-state index contributed by atoms with van der Waals surface area (Å²) in [5, 5.41) is 2.96. The molecule has 1 aromatic rings. The summed E-state index contributed by atoms with van der Waals surface area (Å²) in [4.78, 5) is 24.5. The molecule has 0 radical (unpaired) electrons. The number of hydrogen-bond donors (Lipinski definition) is 1. The van der Waals surface area contributed by atoms with E-state index in [4.69, 9.17) is 16.3 Å². The van der Waals surface area contributed by atoms with Crippen LogP contribution in [0.2, 0.25) is 5.02 Å². The Kier molecular flexibility index (Phi) is 8.92. The lowest BCUT2D eigenvalue weighted by molar-refractivity contribution is -0.125. The van der Waals surface area contributed by atoms with Gasteiger partial charge in [0.15, 0.2) is 6.61 Å². The summed E-state index contributed by atoms with van der Waals surface area (Å²) in [7, 11) is -3.74. The highest BCUT2D eigenvalue weighted by molar-refractivity contribution is 7.89. The van der Waals surface area contributed by atoms with Crippen molar-refractivity contribution in [2.75, 3.05) is 19.7 Å². The molecule has 0 unspecified atom stereocenters. The molecule has 9 heteroatoms. The second kappa shape index (κ2) is 10.9. The van der Waals surface area contributed by atoms with Crippen molar-refractivity contribution in [2.24, 2.45) is 0 Å². The van der Waals surface area contributed by atoms with Crippen LogP contribution in [-0.4, -0.2) is 50.3 Å². The van der Waals surface area contributed by atoms with Gasteiger partial charge in [0.05, 0.1) is 15.5 Å². The third-order valence-corrected chi connectivity index (χ3v) is 7.43. The highest BCUT2D eigenvalue weighted by Crippen LogP contribution is 2.24. The van der Waals surface area contributed by atoms with Crippen LogP contribution < -0.4 is 5.32 Å². The van der Waals surface area contributed by atoms with Crippen molar-refractivity contribution in [3.63, 3.8) is 0 Å². The van der Waals surface area contributed by atoms with Crippen LogP contribution in [0, 0.1) is 0 Å². The van der Waals surface area contributed by atoms with E-state index in [-0.39, 0.29) is 27.4 Å². The predicted octanol–water partition coefficient (Wildman–Crippen LogP) is 3.37. The molecule has 1 aliphatic rings. The number of rotatable bonds is 8. The molecule has 1 amide bonds. The maximum atomic E-state index is 12.7. The molecule has 1 N–H and O–H groups in total. The fraction of sp³-hybridized carbons (Fsp3) is 0.600. The quantitative estimate of drug-likeness (QED) is 0.490. The molecule has 1 saturated carbocycles. The zero-order valence-corrected chi connectivity index (χ0v) is 18.5. The smallest absolute Gasteiger partial charge is 0.340 e. The SMILES string of the molecule is CCN(CC)S(=O)(=O)c1ccc(Cl)c(C(=O)OCC(=O)NC2CCCCCC2)c1. The number of halogens is 1. The highest BCUT2D eigenvalue weighted by atomic mass is 35.5. The lowest BCUT2D eigenvalue weighted by atomic mass is 10.1. The number of amides is 1. The molecule has 29 heavy (non-hydrogen) atoms. The molecule has 1 aliphatic carbocycles. The van der Waals surface area contributed by atoms with E-state index in [2.05, 4.69) is 5.32 Å². The van der Waals surface area contributed by atoms with E-state index >= 15 is 0 Å². The van der Waals surface area contributed by atoms with Crippen molar-refractivity contribution < 1.29 is 22.7 Å². The van der Waals surface area contributed by atoms with Gasteiger partial charge < -0.3 is 10.1 Å². The van der Waals surface area contributed by atoms with Crippen LogP contribution >= 0.6 is 11.6 Å². The Bertz CT molecular complexity index is 816. The number of nitrogens with one attached hydrogen (secondary N) is 1. The summed E-state index contributed by atoms with van der Waals surface area (Å²) < 4.78 is 31.7. The second-order valence-electron chi connectivity index (χ2n) is 7.06. The van der Waals surface area contributed by atoms with Crippen LogP contribution in [0.5, 0.6) is 0 Å². The van der Waals surface area contributed by atoms with E-state index in [0.29, 0.717) is 13.1 Å². The minimum absolute atomic E-state index is 0.0412. The number of carbonyl (C=O) groups excluding carboxylic acids is 2. The predicted molar refractivity (Wildman–Crippen MR) is 111 cm³/mol. The maximum Gasteiger partial charge on any atom is 0.340 e. The average Bonchev–Trinajstić information content (AvgIpc) is 2.95. The first-order valence-corrected chi connectivity index (χ1v) is 11.9. The molecule has 0 atom stereocenters. The number of nitrogens with zero attached hydrogens (tertiary/aromatic N) is 1. The highest BCUT2D eigenvalue weighted by Gasteiger charge is 2.25. The van der Waals surface area contributed by atoms with Crippen LogP contribution in [0.3, 0.4) is 0 Å². The number of carbonyl (C=O) groups is 2. The lowest BCUT2D eigenvalue weighted by Crippen LogP contribution is -2.37. The van der Waals surface area contributed by atoms with Crippen LogP contribution in [0.4, 0.5) is 0 Å². The third kappa shape index (κ3) is 6.42. The van der Waals surface area contributed by atoms with Gasteiger partial charge in [-0.3, -0.25) is 4.79 Å². The molecule has 1 fully saturated rings. The van der Waals surface area contributed by atoms with E-state index in [0.717, 1.165) is 25.7 Å². The van der Waals surface area contributed by atoms with Gasteiger partial charge in [-0.1, -0.05) is 51.1 Å². The Morgan fingerprint density at radius 2 is 1.76 bits per heavy atom. The fourth-order valence-electron chi connectivity index (χ4n) is 3.44. The Morgan fingerprint density at radius 1 is 1.14 bits per heavy atom. The normalized spacial score (nSPS) is 15.7. The van der Waals surface area contributed by atoms with Gasteiger partial charge in [-0.2, -0.15) is 4.31 Å². The zero-order valence-electron chi connectivity index (χ0n) is 16.9. The van der Waals surface area contributed by atoms with Gasteiger partial charge in [0.1, 0.15) is 0 Å². The van der Waals surface area contributed by atoms with Crippen LogP contribution in [-0.2, 0) is 19.6 Å². The monoisotopic (exact) mass is 444 g/mol. The largest absolute Gasteiger partial charge is 0.452 e. The van der Waals surface area contributed by atoms with Gasteiger partial charge >= 0.3 is 5.97 Å². The first-order valence-electron chi connectivity index (χ1n) is 10.1. The van der Waals surface area contributed by atoms with E-state index in [1.54, 1.807) is 13.8 Å². The molecular weight excluding hydrogens is 416 g/mol. The molecule has 0 bridgehead atoms. The van der Waals surface area contributed by atoms with Crippen molar-refractivity contribution >= 4 is 33.5 Å². The van der Waals surface area contributed by atoms with Crippen molar-refractivity contribution in [3.8, 4) is 0 Å². The van der Waals surface area contributed by atoms with Crippen molar-refractivity contribution in [2.45, 2.75) is 63.3 Å². The van der Waals surface area contributed by atoms with Crippen LogP contribution in [0.1, 0.15) is 62.7 Å². The molecule has 162 valence electrons. The Hall–Kier alpha value is -1.64. The second-order valence-corrected chi connectivity index (χ2v) is 9.41. The summed E-state index contributed by atoms with van der Waals surface area (Å²) in [6, 6.07) is 4.00. The molecule has 0 saturated heterocycles. The van der Waals surface area contributed by atoms with Gasteiger partial charge in [-0.25, -0.2) is 13.2 Å². The van der Waals surface area contributed by atoms with Crippen molar-refractivity contribution in [1.29, 1.82) is 0 Å². The fourth-order valence-corrected chi connectivity index (χ4v) is 5.12. The lowest BCUT2D eigenvalue weighted by Gasteiger charge is -2.19. The number of benzene rings is 1. The van der Waals surface area contributed by atoms with Crippen molar-refractivity contribution in [1.82, 2.24) is 9.62 Å². The summed E-state index contributed by atoms with van der Waals surface area (Å²) in [6.07, 6.45) is 6.36. The van der Waals surface area contributed by atoms with E-state index in [1.807, 2.05) is 0 Å². The molecule has 0 spiro atoms. The maximum absolute atomic E-state index is 12.7. The van der Waals surface area contributed by atoms with E-state index in [1.165, 1.54) is 35.3 Å². The van der Waals surface area contributed by atoms with Gasteiger partial charge in [-0.15, -0.1) is 0 Å². The Balaban J connectivity index is 2.04. The number of hydrogen-bond acceptors (Lipinski definition) is 5. The standard InChI is InChI=1S/C20H29ClN2O5S/c1-3-23(4-2)29(26,27)16-11-12-18(21)17(13-16)20(25)28-14-19(24)22-15-9-7-5-6-8-10-15/h11-13,15H,3-10,14H2,1-2H3,(H,22,24). The average molecular weight is 445 g/mol.